The Bertz CT molecular complexity index is 196. The summed E-state index contributed by atoms with van der Waals surface area (Å²) in [5, 5.41) is 3.75. The van der Waals surface area contributed by atoms with Crippen molar-refractivity contribution in [3.63, 3.8) is 0 Å². The summed E-state index contributed by atoms with van der Waals surface area (Å²) in [6, 6.07) is 0. The molecule has 0 radical (unpaired) electrons. The van der Waals surface area contributed by atoms with E-state index in [1.807, 2.05) is 0 Å². The largest absolute Gasteiger partial charge is 0.315 e. The second-order valence-electron chi connectivity index (χ2n) is 5.31. The number of hydrogen-bond donors (Lipinski definition) is 1. The first-order valence-electron chi connectivity index (χ1n) is 6.68. The molecule has 0 amide bonds. The first kappa shape index (κ1) is 13.1. The first-order valence-corrected chi connectivity index (χ1v) is 9.06. The van der Waals surface area contributed by atoms with Crippen molar-refractivity contribution in [2.45, 2.75) is 43.3 Å². The summed E-state index contributed by atoms with van der Waals surface area (Å²) >= 11 is 4.24. The van der Waals surface area contributed by atoms with Crippen molar-refractivity contribution in [2.24, 2.45) is 5.92 Å². The van der Waals surface area contributed by atoms with Crippen LogP contribution in [-0.4, -0.2) is 35.6 Å². The van der Waals surface area contributed by atoms with Crippen LogP contribution in [0.4, 0.5) is 0 Å². The Labute approximate surface area is 109 Å². The molecule has 0 spiro atoms. The van der Waals surface area contributed by atoms with E-state index in [4.69, 9.17) is 0 Å². The molecular formula is C13H25NS2. The summed E-state index contributed by atoms with van der Waals surface area (Å²) in [6.07, 6.45) is 11.0. The molecule has 0 bridgehead atoms. The third-order valence-electron chi connectivity index (χ3n) is 4.10. The van der Waals surface area contributed by atoms with E-state index in [2.05, 4.69) is 35.1 Å². The molecule has 16 heavy (non-hydrogen) atoms. The summed E-state index contributed by atoms with van der Waals surface area (Å²) < 4.78 is 0.573. The van der Waals surface area contributed by atoms with Gasteiger partial charge >= 0.3 is 0 Å². The normalized spacial score (nSPS) is 29.4. The molecule has 1 atom stereocenters. The highest BCUT2D eigenvalue weighted by atomic mass is 32.2. The van der Waals surface area contributed by atoms with Gasteiger partial charge in [0.25, 0.3) is 0 Å². The molecule has 1 unspecified atom stereocenters. The van der Waals surface area contributed by atoms with E-state index in [0.717, 1.165) is 5.92 Å². The van der Waals surface area contributed by atoms with Crippen LogP contribution >= 0.6 is 23.5 Å². The zero-order valence-electron chi connectivity index (χ0n) is 10.5. The Morgan fingerprint density at radius 2 is 2.12 bits per heavy atom. The second-order valence-corrected chi connectivity index (χ2v) is 7.73. The van der Waals surface area contributed by atoms with E-state index in [1.165, 1.54) is 63.1 Å². The van der Waals surface area contributed by atoms with E-state index >= 15 is 0 Å². The lowest BCUT2D eigenvalue weighted by molar-refractivity contribution is 0.370. The molecule has 0 aromatic rings. The summed E-state index contributed by atoms with van der Waals surface area (Å²) in [5.74, 6) is 3.73. The molecule has 1 aliphatic carbocycles. The SMILES string of the molecule is CSC1(CNCC2CCSC2)CCCCC1. The maximum Gasteiger partial charge on any atom is 0.0281 e. The fourth-order valence-electron chi connectivity index (χ4n) is 2.90. The Morgan fingerprint density at radius 3 is 2.75 bits per heavy atom. The molecule has 1 N–H and O–H groups in total. The first-order chi connectivity index (χ1) is 7.85. The number of rotatable bonds is 5. The fraction of sp³-hybridized carbons (Fsp3) is 1.00. The van der Waals surface area contributed by atoms with Crippen LogP contribution in [-0.2, 0) is 0 Å². The zero-order chi connectivity index (χ0) is 11.3. The molecule has 1 saturated carbocycles. The van der Waals surface area contributed by atoms with E-state index in [-0.39, 0.29) is 0 Å². The molecule has 1 heterocycles. The molecule has 3 heteroatoms. The van der Waals surface area contributed by atoms with Crippen molar-refractivity contribution in [3.8, 4) is 0 Å². The monoisotopic (exact) mass is 259 g/mol. The highest BCUT2D eigenvalue weighted by molar-refractivity contribution is 8.00. The second kappa shape index (κ2) is 6.55. The molecular weight excluding hydrogens is 234 g/mol. The number of hydrogen-bond acceptors (Lipinski definition) is 3. The Hall–Kier alpha value is 0.660. The van der Waals surface area contributed by atoms with Crippen LogP contribution in [0.15, 0.2) is 0 Å². The van der Waals surface area contributed by atoms with Crippen molar-refractivity contribution in [1.29, 1.82) is 0 Å². The number of nitrogens with one attached hydrogen (secondary N) is 1. The molecule has 1 aliphatic heterocycles. The van der Waals surface area contributed by atoms with Gasteiger partial charge in [-0.25, -0.2) is 0 Å². The Balaban J connectivity index is 1.69. The highest BCUT2D eigenvalue weighted by Crippen LogP contribution is 2.38. The summed E-state index contributed by atoms with van der Waals surface area (Å²) in [4.78, 5) is 0. The maximum atomic E-state index is 3.75. The highest BCUT2D eigenvalue weighted by Gasteiger charge is 2.30. The van der Waals surface area contributed by atoms with Gasteiger partial charge in [0, 0.05) is 11.3 Å². The lowest BCUT2D eigenvalue weighted by Crippen LogP contribution is -2.40. The fourth-order valence-corrected chi connectivity index (χ4v) is 5.13. The van der Waals surface area contributed by atoms with Gasteiger partial charge in [0.2, 0.25) is 0 Å². The summed E-state index contributed by atoms with van der Waals surface area (Å²) in [5.41, 5.74) is 0. The van der Waals surface area contributed by atoms with Crippen molar-refractivity contribution in [2.75, 3.05) is 30.9 Å². The molecule has 2 aliphatic rings. The Morgan fingerprint density at radius 1 is 1.31 bits per heavy atom. The van der Waals surface area contributed by atoms with Crippen molar-refractivity contribution >= 4 is 23.5 Å². The molecule has 0 aromatic carbocycles. The van der Waals surface area contributed by atoms with Crippen molar-refractivity contribution < 1.29 is 0 Å². The minimum atomic E-state index is 0.573. The lowest BCUT2D eigenvalue weighted by atomic mass is 9.88. The van der Waals surface area contributed by atoms with E-state index in [9.17, 15) is 0 Å². The quantitative estimate of drug-likeness (QED) is 0.813. The average molecular weight is 259 g/mol. The van der Waals surface area contributed by atoms with Gasteiger partial charge in [-0.15, -0.1) is 0 Å². The molecule has 94 valence electrons. The van der Waals surface area contributed by atoms with Gasteiger partial charge in [0.1, 0.15) is 0 Å². The minimum absolute atomic E-state index is 0.573. The van der Waals surface area contributed by atoms with Gasteiger partial charge in [-0.1, -0.05) is 19.3 Å². The van der Waals surface area contributed by atoms with Crippen LogP contribution in [0, 0.1) is 5.92 Å². The van der Waals surface area contributed by atoms with Crippen molar-refractivity contribution in [3.05, 3.63) is 0 Å². The minimum Gasteiger partial charge on any atom is -0.315 e. The third kappa shape index (κ3) is 3.58. The topological polar surface area (TPSA) is 12.0 Å². The van der Waals surface area contributed by atoms with E-state index in [0.29, 0.717) is 4.75 Å². The number of thioether (sulfide) groups is 2. The van der Waals surface area contributed by atoms with Crippen LogP contribution in [0.3, 0.4) is 0 Å². The Kier molecular flexibility index (Phi) is 5.37. The lowest BCUT2D eigenvalue weighted by Gasteiger charge is -2.36. The van der Waals surface area contributed by atoms with Gasteiger partial charge in [0.15, 0.2) is 0 Å². The molecule has 0 aromatic heterocycles. The maximum absolute atomic E-state index is 3.75. The molecule has 1 saturated heterocycles. The van der Waals surface area contributed by atoms with Crippen LogP contribution in [0.5, 0.6) is 0 Å². The smallest absolute Gasteiger partial charge is 0.0281 e. The molecule has 2 rings (SSSR count). The van der Waals surface area contributed by atoms with Gasteiger partial charge in [0.05, 0.1) is 0 Å². The molecule has 2 fully saturated rings. The van der Waals surface area contributed by atoms with Crippen molar-refractivity contribution in [1.82, 2.24) is 5.32 Å². The average Bonchev–Trinajstić information content (AvgIpc) is 2.83. The zero-order valence-corrected chi connectivity index (χ0v) is 12.1. The van der Waals surface area contributed by atoms with Gasteiger partial charge in [-0.3, -0.25) is 0 Å². The predicted molar refractivity (Wildman–Crippen MR) is 77.6 cm³/mol. The van der Waals surface area contributed by atoms with Crippen LogP contribution in [0.1, 0.15) is 38.5 Å². The standard InChI is InChI=1S/C13H25NS2/c1-15-13(6-3-2-4-7-13)11-14-9-12-5-8-16-10-12/h12,14H,2-11H2,1H3. The molecule has 1 nitrogen and oxygen atoms in total. The summed E-state index contributed by atoms with van der Waals surface area (Å²) in [7, 11) is 0. The van der Waals surface area contributed by atoms with Crippen LogP contribution in [0.2, 0.25) is 0 Å². The third-order valence-corrected chi connectivity index (χ3v) is 6.75. The van der Waals surface area contributed by atoms with Gasteiger partial charge in [-0.2, -0.15) is 23.5 Å². The van der Waals surface area contributed by atoms with E-state index < -0.39 is 0 Å². The predicted octanol–water partition coefficient (Wildman–Crippen LogP) is 3.40. The van der Waals surface area contributed by atoms with Gasteiger partial charge < -0.3 is 5.32 Å². The van der Waals surface area contributed by atoms with Crippen LogP contribution in [0.25, 0.3) is 0 Å². The van der Waals surface area contributed by atoms with Gasteiger partial charge in [-0.05, 0) is 49.5 Å². The van der Waals surface area contributed by atoms with E-state index in [1.54, 1.807) is 0 Å². The summed E-state index contributed by atoms with van der Waals surface area (Å²) in [6.45, 7) is 2.50. The van der Waals surface area contributed by atoms with Crippen LogP contribution < -0.4 is 5.32 Å².